The highest BCUT2D eigenvalue weighted by Gasteiger charge is 2.61. The lowest BCUT2D eigenvalue weighted by molar-refractivity contribution is -0.320. The van der Waals surface area contributed by atoms with Crippen molar-refractivity contribution < 1.29 is 59.5 Å². The van der Waals surface area contributed by atoms with E-state index in [1.165, 1.54) is 0 Å². The third-order valence-corrected chi connectivity index (χ3v) is 9.16. The summed E-state index contributed by atoms with van der Waals surface area (Å²) in [5, 5.41) is 89.8. The number of hydrogen-bond donors (Lipinski definition) is 16. The highest BCUT2D eigenvalue weighted by Crippen LogP contribution is 2.37. The van der Waals surface area contributed by atoms with Crippen LogP contribution in [0.3, 0.4) is 0 Å². The molecule has 2 saturated heterocycles. The third kappa shape index (κ3) is 8.29. The number of nitrogens with two attached hydrogens (primary N) is 5. The van der Waals surface area contributed by atoms with E-state index in [0.29, 0.717) is 19.5 Å². The summed E-state index contributed by atoms with van der Waals surface area (Å²) in [6.45, 7) is 0.383. The van der Waals surface area contributed by atoms with Crippen molar-refractivity contribution in [2.75, 3.05) is 26.2 Å². The summed E-state index contributed by atoms with van der Waals surface area (Å²) in [5.41, 5.74) is 27.4. The maximum atomic E-state index is 13.2. The van der Waals surface area contributed by atoms with Crippen LogP contribution >= 0.6 is 0 Å². The summed E-state index contributed by atoms with van der Waals surface area (Å²) < 4.78 is 23.4. The van der Waals surface area contributed by atoms with Gasteiger partial charge in [0.2, 0.25) is 0 Å². The summed E-state index contributed by atoms with van der Waals surface area (Å²) in [4.78, 5) is 13.2. The van der Waals surface area contributed by atoms with Gasteiger partial charge in [0, 0.05) is 19.0 Å². The van der Waals surface area contributed by atoms with Gasteiger partial charge >= 0.3 is 0 Å². The number of carbonyl (C=O) groups is 1. The standard InChI is InChI=1S/C26H51N9O12/c27-2-1-3-33-6-10-16(38)17(39)14(30)22(44-10)46-20-8(28)4-9(34-24(42)26(43)5-12(26)35-25(31)32)21(19(20)41)47-23-18(40)13(29)15(37)11(7-36)45-23/h8-23,33,36-41,43H,1-7,27-30H2,(H,34,42)(H4,31,32,35)/t8-,9+,10+,11+,12?,13-,14+,15+,16+,17+,18+,19-,20?,21-,22+,23+,26?/m0/s1. The van der Waals surface area contributed by atoms with E-state index >= 15 is 0 Å². The Morgan fingerprint density at radius 3 is 2.19 bits per heavy atom. The summed E-state index contributed by atoms with van der Waals surface area (Å²) in [7, 11) is 0. The fourth-order valence-corrected chi connectivity index (χ4v) is 6.15. The van der Waals surface area contributed by atoms with Crippen LogP contribution in [-0.2, 0) is 23.7 Å². The van der Waals surface area contributed by atoms with Gasteiger partial charge in [-0.05, 0) is 25.9 Å². The lowest BCUT2D eigenvalue weighted by Crippen LogP contribution is -2.70. The molecule has 2 saturated carbocycles. The first-order valence-electron chi connectivity index (χ1n) is 15.6. The van der Waals surface area contributed by atoms with E-state index in [1.54, 1.807) is 0 Å². The minimum Gasteiger partial charge on any atom is -0.394 e. The Labute approximate surface area is 270 Å². The molecule has 0 bridgehead atoms. The normalized spacial score (nSPS) is 46.9. The number of ether oxygens (including phenoxy) is 4. The zero-order chi connectivity index (χ0) is 34.8. The summed E-state index contributed by atoms with van der Waals surface area (Å²) in [6.07, 6.45) is -15.2. The molecule has 4 fully saturated rings. The van der Waals surface area contributed by atoms with E-state index in [4.69, 9.17) is 53.0 Å². The zero-order valence-corrected chi connectivity index (χ0v) is 25.7. The van der Waals surface area contributed by atoms with Crippen molar-refractivity contribution >= 4 is 11.9 Å². The zero-order valence-electron chi connectivity index (χ0n) is 25.7. The van der Waals surface area contributed by atoms with E-state index in [1.807, 2.05) is 0 Å². The molecule has 21 N–H and O–H groups in total. The minimum absolute atomic E-state index is 0.0697. The van der Waals surface area contributed by atoms with Gasteiger partial charge in [-0.3, -0.25) is 10.2 Å². The van der Waals surface area contributed by atoms with Crippen molar-refractivity contribution in [1.82, 2.24) is 16.0 Å². The van der Waals surface area contributed by atoms with E-state index in [0.717, 1.165) is 0 Å². The van der Waals surface area contributed by atoms with Crippen LogP contribution in [-0.4, -0.2) is 177 Å². The van der Waals surface area contributed by atoms with Crippen molar-refractivity contribution in [3.63, 3.8) is 0 Å². The number of hydrogen-bond acceptors (Lipinski definition) is 18. The Kier molecular flexibility index (Phi) is 12.7. The molecule has 0 radical (unpaired) electrons. The number of aliphatic hydroxyl groups excluding tert-OH is 6. The van der Waals surface area contributed by atoms with Gasteiger partial charge in [0.1, 0.15) is 54.9 Å². The lowest BCUT2D eigenvalue weighted by Gasteiger charge is -2.49. The SMILES string of the molecule is N=C(N)NC1CC1(O)C(=O)N[C@@H]1C[C@H](N)C(O[C@H]2O[C@H](CNCCCN)[C@@H](O)[C@H](O)[C@H]2N)[C@H](O)[C@H]1O[C@H]1O[C@H](CO)[C@@H](O)[C@H](N)[C@H]1O. The maximum Gasteiger partial charge on any atom is 0.254 e. The third-order valence-electron chi connectivity index (χ3n) is 9.16. The molecule has 1 amide bonds. The van der Waals surface area contributed by atoms with Crippen molar-refractivity contribution in [3.05, 3.63) is 0 Å². The van der Waals surface area contributed by atoms with Crippen LogP contribution in [0.2, 0.25) is 0 Å². The molecule has 0 aromatic carbocycles. The Balaban J connectivity index is 1.54. The number of rotatable bonds is 13. The molecular formula is C26H51N9O12. The molecular weight excluding hydrogens is 630 g/mol. The predicted molar refractivity (Wildman–Crippen MR) is 160 cm³/mol. The van der Waals surface area contributed by atoms with E-state index in [9.17, 15) is 40.5 Å². The maximum absolute atomic E-state index is 13.2. The highest BCUT2D eigenvalue weighted by atomic mass is 16.7. The van der Waals surface area contributed by atoms with Crippen LogP contribution in [0, 0.1) is 5.41 Å². The van der Waals surface area contributed by atoms with Crippen molar-refractivity contribution in [1.29, 1.82) is 5.41 Å². The lowest BCUT2D eigenvalue weighted by atomic mass is 9.83. The van der Waals surface area contributed by atoms with Crippen LogP contribution in [0.5, 0.6) is 0 Å². The van der Waals surface area contributed by atoms with Crippen LogP contribution in [0.15, 0.2) is 0 Å². The largest absolute Gasteiger partial charge is 0.394 e. The van der Waals surface area contributed by atoms with Crippen LogP contribution in [0.1, 0.15) is 19.3 Å². The van der Waals surface area contributed by atoms with E-state index in [2.05, 4.69) is 16.0 Å². The molecule has 2 aliphatic carbocycles. The number of amides is 1. The minimum atomic E-state index is -1.94. The first-order valence-corrected chi connectivity index (χ1v) is 15.6. The molecule has 0 aromatic heterocycles. The second-order valence-electron chi connectivity index (χ2n) is 12.6. The Morgan fingerprint density at radius 1 is 0.894 bits per heavy atom. The van der Waals surface area contributed by atoms with E-state index < -0.39 is 122 Å². The fraction of sp³-hybridized carbons (Fsp3) is 0.923. The number of aliphatic hydroxyl groups is 7. The van der Waals surface area contributed by atoms with Gasteiger partial charge < -0.3 is 99.3 Å². The fourth-order valence-electron chi connectivity index (χ4n) is 6.15. The van der Waals surface area contributed by atoms with Gasteiger partial charge in [0.15, 0.2) is 24.1 Å². The predicted octanol–water partition coefficient (Wildman–Crippen LogP) is -9.20. The summed E-state index contributed by atoms with van der Waals surface area (Å²) >= 11 is 0. The molecule has 3 unspecified atom stereocenters. The van der Waals surface area contributed by atoms with Gasteiger partial charge in [0.05, 0.1) is 30.8 Å². The molecule has 2 heterocycles. The first kappa shape index (κ1) is 37.9. The second kappa shape index (κ2) is 15.8. The van der Waals surface area contributed by atoms with Gasteiger partial charge in [-0.15, -0.1) is 0 Å². The smallest absolute Gasteiger partial charge is 0.254 e. The average Bonchev–Trinajstić information content (AvgIpc) is 3.68. The summed E-state index contributed by atoms with van der Waals surface area (Å²) in [6, 6.07) is -5.63. The number of carbonyl (C=O) groups excluding carboxylic acids is 1. The molecule has 4 rings (SSSR count). The molecule has 4 aliphatic rings. The molecule has 2 aliphatic heterocycles. The molecule has 21 nitrogen and oxygen atoms in total. The second-order valence-corrected chi connectivity index (χ2v) is 12.6. The van der Waals surface area contributed by atoms with E-state index in [-0.39, 0.29) is 19.4 Å². The van der Waals surface area contributed by atoms with Crippen LogP contribution < -0.4 is 44.6 Å². The average molecular weight is 682 g/mol. The molecule has 21 heteroatoms. The van der Waals surface area contributed by atoms with Gasteiger partial charge in [-0.1, -0.05) is 0 Å². The van der Waals surface area contributed by atoms with Crippen molar-refractivity contribution in [2.45, 2.75) is 123 Å². The molecule has 17 atom stereocenters. The molecule has 47 heavy (non-hydrogen) atoms. The topological polar surface area (TPSA) is 386 Å². The van der Waals surface area contributed by atoms with Gasteiger partial charge in [0.25, 0.3) is 5.91 Å². The van der Waals surface area contributed by atoms with Gasteiger partial charge in [-0.2, -0.15) is 0 Å². The molecule has 0 spiro atoms. The highest BCUT2D eigenvalue weighted by molar-refractivity contribution is 5.91. The Morgan fingerprint density at radius 2 is 1.55 bits per heavy atom. The Hall–Kier alpha value is -1.90. The molecule has 0 aromatic rings. The monoisotopic (exact) mass is 681 g/mol. The van der Waals surface area contributed by atoms with Crippen LogP contribution in [0.25, 0.3) is 0 Å². The van der Waals surface area contributed by atoms with Gasteiger partial charge in [-0.25, -0.2) is 0 Å². The quantitative estimate of drug-likeness (QED) is 0.0487. The summed E-state index contributed by atoms with van der Waals surface area (Å²) in [5.74, 6) is -1.34. The van der Waals surface area contributed by atoms with Crippen molar-refractivity contribution in [3.8, 4) is 0 Å². The number of nitrogens with one attached hydrogen (secondary N) is 4. The Bertz CT molecular complexity index is 1070. The van der Waals surface area contributed by atoms with Crippen LogP contribution in [0.4, 0.5) is 0 Å². The first-order chi connectivity index (χ1) is 22.1. The number of guanidine groups is 1. The molecule has 272 valence electrons. The van der Waals surface area contributed by atoms with Crippen molar-refractivity contribution in [2.24, 2.45) is 28.7 Å².